The van der Waals surface area contributed by atoms with Crippen molar-refractivity contribution in [3.8, 4) is 0 Å². The number of nitrogens with one attached hydrogen (secondary N) is 1. The third-order valence-corrected chi connectivity index (χ3v) is 3.84. The monoisotopic (exact) mass is 295 g/mol. The van der Waals surface area contributed by atoms with Crippen molar-refractivity contribution >= 4 is 34.8 Å². The Morgan fingerprint density at radius 2 is 2.15 bits per heavy atom. The molecular formula is C14H18ClN3O2. The van der Waals surface area contributed by atoms with E-state index in [0.717, 1.165) is 19.3 Å². The lowest BCUT2D eigenvalue weighted by Crippen LogP contribution is -2.47. The number of piperidine rings is 1. The summed E-state index contributed by atoms with van der Waals surface area (Å²) < 4.78 is 0. The minimum absolute atomic E-state index is 0.108. The lowest BCUT2D eigenvalue weighted by Gasteiger charge is -2.32. The first-order valence-electron chi connectivity index (χ1n) is 6.66. The van der Waals surface area contributed by atoms with Crippen LogP contribution in [0.1, 0.15) is 26.2 Å². The fourth-order valence-corrected chi connectivity index (χ4v) is 2.50. The Bertz CT molecular complexity index is 533. The van der Waals surface area contributed by atoms with Gasteiger partial charge < -0.3 is 16.0 Å². The number of hydrogen-bond acceptors (Lipinski definition) is 3. The molecule has 0 aromatic heterocycles. The molecule has 1 saturated heterocycles. The predicted molar refractivity (Wildman–Crippen MR) is 79.5 cm³/mol. The molecule has 5 nitrogen and oxygen atoms in total. The molecule has 0 bridgehead atoms. The van der Waals surface area contributed by atoms with Gasteiger partial charge in [-0.2, -0.15) is 0 Å². The van der Waals surface area contributed by atoms with Crippen LogP contribution in [0.3, 0.4) is 0 Å². The molecule has 6 heteroatoms. The first-order chi connectivity index (χ1) is 9.49. The van der Waals surface area contributed by atoms with Gasteiger partial charge in [0, 0.05) is 18.3 Å². The second kappa shape index (κ2) is 6.13. The maximum Gasteiger partial charge on any atom is 0.313 e. The quantitative estimate of drug-likeness (QED) is 0.616. The number of carbonyl (C=O) groups excluding carboxylic acids is 2. The zero-order chi connectivity index (χ0) is 14.7. The van der Waals surface area contributed by atoms with Crippen LogP contribution in [0.2, 0.25) is 5.02 Å². The Morgan fingerprint density at radius 1 is 1.40 bits per heavy atom. The van der Waals surface area contributed by atoms with Gasteiger partial charge in [0.1, 0.15) is 0 Å². The van der Waals surface area contributed by atoms with Crippen LogP contribution in [0, 0.1) is 0 Å². The molecule has 3 N–H and O–H groups in total. The van der Waals surface area contributed by atoms with Gasteiger partial charge in [-0.15, -0.1) is 0 Å². The fraction of sp³-hybridized carbons (Fsp3) is 0.429. The average Bonchev–Trinajstić information content (AvgIpc) is 2.42. The minimum Gasteiger partial charge on any atom is -0.398 e. The van der Waals surface area contributed by atoms with Crippen molar-refractivity contribution in [3.63, 3.8) is 0 Å². The van der Waals surface area contributed by atoms with E-state index in [0.29, 0.717) is 22.9 Å². The van der Waals surface area contributed by atoms with Gasteiger partial charge in [0.15, 0.2) is 0 Å². The molecule has 1 aromatic rings. The molecule has 20 heavy (non-hydrogen) atoms. The number of rotatable bonds is 1. The van der Waals surface area contributed by atoms with Gasteiger partial charge in [-0.3, -0.25) is 9.59 Å². The predicted octanol–water partition coefficient (Wildman–Crippen LogP) is 2.26. The van der Waals surface area contributed by atoms with E-state index in [1.165, 1.54) is 6.07 Å². The maximum absolute atomic E-state index is 12.1. The van der Waals surface area contributed by atoms with Gasteiger partial charge in [0.05, 0.1) is 10.7 Å². The number of nitrogens with zero attached hydrogens (tertiary/aromatic N) is 1. The van der Waals surface area contributed by atoms with Crippen LogP contribution in [-0.4, -0.2) is 29.3 Å². The summed E-state index contributed by atoms with van der Waals surface area (Å²) in [6.45, 7) is 2.60. The van der Waals surface area contributed by atoms with Crippen molar-refractivity contribution in [1.29, 1.82) is 0 Å². The smallest absolute Gasteiger partial charge is 0.313 e. The molecule has 1 aliphatic heterocycles. The van der Waals surface area contributed by atoms with Crippen molar-refractivity contribution in [2.45, 2.75) is 32.2 Å². The zero-order valence-corrected chi connectivity index (χ0v) is 12.1. The van der Waals surface area contributed by atoms with Crippen molar-refractivity contribution in [3.05, 3.63) is 23.2 Å². The molecule has 1 heterocycles. The Labute approximate surface area is 123 Å². The molecule has 1 unspecified atom stereocenters. The molecule has 0 spiro atoms. The molecule has 1 fully saturated rings. The molecule has 0 aliphatic carbocycles. The molecule has 0 radical (unpaired) electrons. The molecule has 1 atom stereocenters. The van der Waals surface area contributed by atoms with Crippen LogP contribution in [0.5, 0.6) is 0 Å². The van der Waals surface area contributed by atoms with E-state index in [9.17, 15) is 9.59 Å². The number of carbonyl (C=O) groups is 2. The molecule has 108 valence electrons. The number of amides is 2. The Morgan fingerprint density at radius 3 is 2.80 bits per heavy atom. The standard InChI is InChI=1S/C14H18ClN3O2/c1-9-4-2-3-7-18(9)14(20)13(19)17-10-5-6-12(16)11(15)8-10/h5-6,8-9H,2-4,7,16H2,1H3,(H,17,19). The lowest BCUT2D eigenvalue weighted by molar-refractivity contribution is -0.145. The van der Waals surface area contributed by atoms with E-state index < -0.39 is 11.8 Å². The molecular weight excluding hydrogens is 278 g/mol. The van der Waals surface area contributed by atoms with Crippen LogP contribution in [0.4, 0.5) is 11.4 Å². The van der Waals surface area contributed by atoms with E-state index in [1.807, 2.05) is 6.92 Å². The summed E-state index contributed by atoms with van der Waals surface area (Å²) in [5, 5.41) is 2.91. The minimum atomic E-state index is -0.639. The number of anilines is 2. The van der Waals surface area contributed by atoms with Crippen LogP contribution in [0.25, 0.3) is 0 Å². The van der Waals surface area contributed by atoms with E-state index in [4.69, 9.17) is 17.3 Å². The lowest BCUT2D eigenvalue weighted by atomic mass is 10.0. The number of likely N-dealkylation sites (tertiary alicyclic amines) is 1. The highest BCUT2D eigenvalue weighted by molar-refractivity contribution is 6.40. The molecule has 2 rings (SSSR count). The third-order valence-electron chi connectivity index (χ3n) is 3.52. The molecule has 1 aromatic carbocycles. The van der Waals surface area contributed by atoms with Crippen molar-refractivity contribution in [2.75, 3.05) is 17.6 Å². The van der Waals surface area contributed by atoms with Crippen LogP contribution in [0.15, 0.2) is 18.2 Å². The molecule has 0 saturated carbocycles. The van der Waals surface area contributed by atoms with Gasteiger partial charge >= 0.3 is 11.8 Å². The highest BCUT2D eigenvalue weighted by Gasteiger charge is 2.28. The Hall–Kier alpha value is -1.75. The van der Waals surface area contributed by atoms with Crippen molar-refractivity contribution in [1.82, 2.24) is 4.90 Å². The van der Waals surface area contributed by atoms with Gasteiger partial charge in [-0.05, 0) is 44.4 Å². The van der Waals surface area contributed by atoms with Gasteiger partial charge in [0.25, 0.3) is 0 Å². The summed E-state index contributed by atoms with van der Waals surface area (Å²) in [7, 11) is 0. The maximum atomic E-state index is 12.1. The Kier molecular flexibility index (Phi) is 4.49. The van der Waals surface area contributed by atoms with E-state index in [1.54, 1.807) is 17.0 Å². The summed E-state index contributed by atoms with van der Waals surface area (Å²) in [5.74, 6) is -1.13. The summed E-state index contributed by atoms with van der Waals surface area (Å²) >= 11 is 5.88. The first kappa shape index (κ1) is 14.7. The Balaban J connectivity index is 2.03. The van der Waals surface area contributed by atoms with Crippen molar-refractivity contribution in [2.24, 2.45) is 0 Å². The number of halogens is 1. The first-order valence-corrected chi connectivity index (χ1v) is 7.04. The van der Waals surface area contributed by atoms with Crippen LogP contribution in [-0.2, 0) is 9.59 Å². The number of hydrogen-bond donors (Lipinski definition) is 2. The third kappa shape index (κ3) is 3.22. The van der Waals surface area contributed by atoms with E-state index in [2.05, 4.69) is 5.32 Å². The number of nitrogens with two attached hydrogens (primary N) is 1. The topological polar surface area (TPSA) is 75.4 Å². The van der Waals surface area contributed by atoms with E-state index in [-0.39, 0.29) is 6.04 Å². The fourth-order valence-electron chi connectivity index (χ4n) is 2.32. The van der Waals surface area contributed by atoms with Gasteiger partial charge in [-0.1, -0.05) is 11.6 Å². The summed E-state index contributed by atoms with van der Waals surface area (Å²) in [6.07, 6.45) is 2.98. The molecule has 2 amide bonds. The second-order valence-corrected chi connectivity index (χ2v) is 5.44. The second-order valence-electron chi connectivity index (χ2n) is 5.03. The van der Waals surface area contributed by atoms with Crippen molar-refractivity contribution < 1.29 is 9.59 Å². The highest BCUT2D eigenvalue weighted by Crippen LogP contribution is 2.23. The highest BCUT2D eigenvalue weighted by atomic mass is 35.5. The normalized spacial score (nSPS) is 18.7. The number of nitrogen functional groups attached to an aromatic ring is 1. The summed E-state index contributed by atoms with van der Waals surface area (Å²) in [5.41, 5.74) is 6.49. The van der Waals surface area contributed by atoms with Crippen LogP contribution < -0.4 is 11.1 Å². The van der Waals surface area contributed by atoms with Gasteiger partial charge in [-0.25, -0.2) is 0 Å². The number of benzene rings is 1. The largest absolute Gasteiger partial charge is 0.398 e. The van der Waals surface area contributed by atoms with E-state index >= 15 is 0 Å². The zero-order valence-electron chi connectivity index (χ0n) is 11.4. The van der Waals surface area contributed by atoms with Crippen LogP contribution >= 0.6 is 11.6 Å². The molecule has 1 aliphatic rings. The summed E-state index contributed by atoms with van der Waals surface area (Å²) in [6, 6.07) is 4.84. The van der Waals surface area contributed by atoms with Gasteiger partial charge in [0.2, 0.25) is 0 Å². The SMILES string of the molecule is CC1CCCCN1C(=O)C(=O)Nc1ccc(N)c(Cl)c1. The average molecular weight is 296 g/mol. The summed E-state index contributed by atoms with van der Waals surface area (Å²) in [4.78, 5) is 25.7.